The Bertz CT molecular complexity index is 1330. The van der Waals surface area contributed by atoms with E-state index in [1.807, 2.05) is 67.8 Å². The number of fused-ring (bicyclic) bond motifs is 1. The SMILES string of the molecule is CSc1cccc(NC(=O)C2[C@H]3C=CC4(O3)C(C(=O)NC3CCCCC3)N(C(C)CCc3ccccc3)C(=O)[C@@H]24)c1. The van der Waals surface area contributed by atoms with Crippen LogP contribution in [0.25, 0.3) is 0 Å². The Hall–Kier alpha value is -3.10. The van der Waals surface area contributed by atoms with Gasteiger partial charge in [-0.1, -0.05) is 67.8 Å². The summed E-state index contributed by atoms with van der Waals surface area (Å²) in [4.78, 5) is 45.0. The van der Waals surface area contributed by atoms with Crippen LogP contribution in [0, 0.1) is 11.8 Å². The van der Waals surface area contributed by atoms with E-state index in [2.05, 4.69) is 22.8 Å². The second-order valence-corrected chi connectivity index (χ2v) is 12.8. The summed E-state index contributed by atoms with van der Waals surface area (Å²) in [6, 6.07) is 16.9. The number of nitrogens with one attached hydrogen (secondary N) is 2. The number of nitrogens with zero attached hydrogens (tertiary/aromatic N) is 1. The average molecular weight is 574 g/mol. The highest BCUT2D eigenvalue weighted by atomic mass is 32.2. The Morgan fingerprint density at radius 3 is 2.61 bits per heavy atom. The number of anilines is 1. The first-order chi connectivity index (χ1) is 19.9. The summed E-state index contributed by atoms with van der Waals surface area (Å²) in [6.45, 7) is 2.01. The fourth-order valence-electron chi connectivity index (χ4n) is 7.29. The van der Waals surface area contributed by atoms with Crippen LogP contribution in [-0.4, -0.2) is 58.7 Å². The second kappa shape index (κ2) is 11.6. The number of aryl methyl sites for hydroxylation is 1. The van der Waals surface area contributed by atoms with Crippen molar-refractivity contribution in [2.75, 3.05) is 11.6 Å². The van der Waals surface area contributed by atoms with Crippen LogP contribution in [0.15, 0.2) is 71.6 Å². The van der Waals surface area contributed by atoms with Crippen molar-refractivity contribution in [2.24, 2.45) is 11.8 Å². The number of carbonyl (C=O) groups is 3. The lowest BCUT2D eigenvalue weighted by Gasteiger charge is -2.36. The van der Waals surface area contributed by atoms with Crippen molar-refractivity contribution in [1.29, 1.82) is 0 Å². The fourth-order valence-corrected chi connectivity index (χ4v) is 7.75. The summed E-state index contributed by atoms with van der Waals surface area (Å²) in [5, 5.41) is 6.31. The molecule has 2 aromatic rings. The van der Waals surface area contributed by atoms with Crippen molar-refractivity contribution in [1.82, 2.24) is 10.2 Å². The molecule has 1 saturated carbocycles. The molecule has 2 N–H and O–H groups in total. The minimum atomic E-state index is -1.15. The number of amides is 3. The third-order valence-corrected chi connectivity index (χ3v) is 10.0. The number of hydrogen-bond acceptors (Lipinski definition) is 5. The van der Waals surface area contributed by atoms with Gasteiger partial charge in [0.2, 0.25) is 17.7 Å². The van der Waals surface area contributed by atoms with Crippen LogP contribution in [0.1, 0.15) is 51.0 Å². The van der Waals surface area contributed by atoms with E-state index in [0.29, 0.717) is 12.1 Å². The Labute approximate surface area is 246 Å². The Kier molecular flexibility index (Phi) is 7.97. The maximum atomic E-state index is 14.3. The van der Waals surface area contributed by atoms with E-state index >= 15 is 0 Å². The standard InChI is InChI=1S/C33H39N3O4S/c1-21(16-17-22-10-5-3-6-11-22)36-29(31(38)34-23-12-7-4-8-13-23)33-19-18-26(40-33)27(28(33)32(36)39)30(37)35-24-14-9-15-25(20-24)41-2/h3,5-6,9-11,14-15,18-21,23,26-29H,4,7-8,12-13,16-17H2,1-2H3,(H,34,38)(H,35,37)/t21?,26-,27?,28-,29?,33?/m1/s1. The summed E-state index contributed by atoms with van der Waals surface area (Å²) in [7, 11) is 0. The quantitative estimate of drug-likeness (QED) is 0.327. The van der Waals surface area contributed by atoms with Crippen LogP contribution >= 0.6 is 11.8 Å². The molecule has 2 saturated heterocycles. The summed E-state index contributed by atoms with van der Waals surface area (Å²) >= 11 is 1.60. The van der Waals surface area contributed by atoms with Crippen LogP contribution < -0.4 is 10.6 Å². The molecule has 7 nitrogen and oxygen atoms in total. The molecule has 1 spiro atoms. The Balaban J connectivity index is 1.29. The van der Waals surface area contributed by atoms with E-state index < -0.39 is 29.6 Å². The minimum Gasteiger partial charge on any atom is -0.359 e. The molecule has 6 rings (SSSR count). The average Bonchev–Trinajstić information content (AvgIpc) is 3.64. The molecule has 3 fully saturated rings. The molecule has 216 valence electrons. The van der Waals surface area contributed by atoms with Gasteiger partial charge in [-0.25, -0.2) is 0 Å². The van der Waals surface area contributed by atoms with Crippen molar-refractivity contribution in [3.8, 4) is 0 Å². The summed E-state index contributed by atoms with van der Waals surface area (Å²) in [5.74, 6) is -2.04. The molecule has 41 heavy (non-hydrogen) atoms. The first kappa shape index (κ1) is 28.0. The minimum absolute atomic E-state index is 0.105. The lowest BCUT2D eigenvalue weighted by molar-refractivity contribution is -0.143. The van der Waals surface area contributed by atoms with Gasteiger partial charge in [0.1, 0.15) is 11.6 Å². The highest BCUT2D eigenvalue weighted by Gasteiger charge is 2.73. The summed E-state index contributed by atoms with van der Waals surface area (Å²) < 4.78 is 6.54. The van der Waals surface area contributed by atoms with Crippen LogP contribution in [-0.2, 0) is 25.5 Å². The summed E-state index contributed by atoms with van der Waals surface area (Å²) in [5.41, 5.74) is 0.729. The van der Waals surface area contributed by atoms with E-state index in [-0.39, 0.29) is 29.8 Å². The second-order valence-electron chi connectivity index (χ2n) is 11.9. The molecule has 0 aromatic heterocycles. The van der Waals surface area contributed by atoms with Crippen molar-refractivity contribution in [3.63, 3.8) is 0 Å². The maximum Gasteiger partial charge on any atom is 0.246 e. The highest BCUT2D eigenvalue weighted by molar-refractivity contribution is 7.98. The number of carbonyl (C=O) groups excluding carboxylic acids is 3. The fraction of sp³-hybridized carbons (Fsp3) is 0.485. The normalized spacial score (nSPS) is 29.4. The predicted octanol–water partition coefficient (Wildman–Crippen LogP) is 4.97. The Morgan fingerprint density at radius 1 is 1.07 bits per heavy atom. The van der Waals surface area contributed by atoms with E-state index in [1.54, 1.807) is 16.7 Å². The van der Waals surface area contributed by atoms with E-state index in [1.165, 1.54) is 12.0 Å². The Morgan fingerprint density at radius 2 is 1.85 bits per heavy atom. The highest BCUT2D eigenvalue weighted by Crippen LogP contribution is 2.56. The molecule has 2 aromatic carbocycles. The molecule has 8 heteroatoms. The smallest absolute Gasteiger partial charge is 0.246 e. The number of rotatable bonds is 9. The molecule has 3 amide bonds. The van der Waals surface area contributed by atoms with Gasteiger partial charge in [-0.05, 0) is 62.6 Å². The van der Waals surface area contributed by atoms with Gasteiger partial charge in [-0.15, -0.1) is 11.8 Å². The predicted molar refractivity (Wildman–Crippen MR) is 160 cm³/mol. The first-order valence-corrected chi connectivity index (χ1v) is 16.1. The number of ether oxygens (including phenoxy) is 1. The third-order valence-electron chi connectivity index (χ3n) is 9.32. The largest absolute Gasteiger partial charge is 0.359 e. The molecule has 3 heterocycles. The molecular formula is C33H39N3O4S. The molecule has 4 unspecified atom stereocenters. The molecule has 1 aliphatic carbocycles. The van der Waals surface area contributed by atoms with Crippen LogP contribution in [0.5, 0.6) is 0 Å². The van der Waals surface area contributed by atoms with Gasteiger partial charge in [0.05, 0.1) is 17.9 Å². The van der Waals surface area contributed by atoms with Crippen molar-refractivity contribution < 1.29 is 19.1 Å². The van der Waals surface area contributed by atoms with Gasteiger partial charge in [0, 0.05) is 22.7 Å². The van der Waals surface area contributed by atoms with Gasteiger partial charge in [0.25, 0.3) is 0 Å². The molecule has 0 radical (unpaired) electrons. The lowest BCUT2D eigenvalue weighted by Crippen LogP contribution is -2.58. The van der Waals surface area contributed by atoms with E-state index in [4.69, 9.17) is 4.74 Å². The van der Waals surface area contributed by atoms with Crippen molar-refractivity contribution >= 4 is 35.2 Å². The maximum absolute atomic E-state index is 14.3. The topological polar surface area (TPSA) is 87.7 Å². The van der Waals surface area contributed by atoms with E-state index in [0.717, 1.165) is 37.0 Å². The zero-order valence-corrected chi connectivity index (χ0v) is 24.6. The van der Waals surface area contributed by atoms with Crippen molar-refractivity contribution in [3.05, 3.63) is 72.3 Å². The number of benzene rings is 2. The van der Waals surface area contributed by atoms with Crippen LogP contribution in [0.4, 0.5) is 5.69 Å². The van der Waals surface area contributed by atoms with Gasteiger partial charge in [0.15, 0.2) is 0 Å². The van der Waals surface area contributed by atoms with Gasteiger partial charge >= 0.3 is 0 Å². The number of likely N-dealkylation sites (tertiary alicyclic amines) is 1. The molecular weight excluding hydrogens is 534 g/mol. The monoisotopic (exact) mass is 573 g/mol. The van der Waals surface area contributed by atoms with Crippen molar-refractivity contribution in [2.45, 2.75) is 86.6 Å². The zero-order chi connectivity index (χ0) is 28.6. The van der Waals surface area contributed by atoms with Crippen LogP contribution in [0.2, 0.25) is 0 Å². The zero-order valence-electron chi connectivity index (χ0n) is 23.8. The number of thioether (sulfide) groups is 1. The number of hydrogen-bond donors (Lipinski definition) is 2. The third kappa shape index (κ3) is 5.21. The molecule has 2 bridgehead atoms. The molecule has 3 aliphatic heterocycles. The van der Waals surface area contributed by atoms with Gasteiger partial charge < -0.3 is 20.3 Å². The first-order valence-electron chi connectivity index (χ1n) is 14.9. The lowest BCUT2D eigenvalue weighted by atomic mass is 9.74. The van der Waals surface area contributed by atoms with E-state index in [9.17, 15) is 14.4 Å². The molecule has 6 atom stereocenters. The van der Waals surface area contributed by atoms with Gasteiger partial charge in [-0.3, -0.25) is 14.4 Å². The van der Waals surface area contributed by atoms with Gasteiger partial charge in [-0.2, -0.15) is 0 Å². The van der Waals surface area contributed by atoms with Crippen LogP contribution in [0.3, 0.4) is 0 Å². The summed E-state index contributed by atoms with van der Waals surface area (Å²) in [6.07, 6.45) is 12.0. The molecule has 4 aliphatic rings.